The number of carbonyl (C=O) groups excluding carboxylic acids is 2. The van der Waals surface area contributed by atoms with Crippen molar-refractivity contribution in [3.8, 4) is 0 Å². The highest BCUT2D eigenvalue weighted by atomic mass is 19.1. The lowest BCUT2D eigenvalue weighted by Crippen LogP contribution is -2.36. The largest absolute Gasteiger partial charge is 0.361 e. The van der Waals surface area contributed by atoms with E-state index >= 15 is 0 Å². The van der Waals surface area contributed by atoms with Crippen molar-refractivity contribution in [1.29, 1.82) is 0 Å². The second-order valence-electron chi connectivity index (χ2n) is 5.30. The molecular formula is C18H16FN3O2. The van der Waals surface area contributed by atoms with Crippen LogP contribution in [0.5, 0.6) is 0 Å². The number of rotatable bonds is 4. The van der Waals surface area contributed by atoms with Crippen LogP contribution < -0.4 is 10.6 Å². The van der Waals surface area contributed by atoms with Crippen molar-refractivity contribution in [2.75, 3.05) is 11.9 Å². The second-order valence-corrected chi connectivity index (χ2v) is 5.30. The Morgan fingerprint density at radius 3 is 2.58 bits per heavy atom. The first kappa shape index (κ1) is 15.7. The first-order valence-electron chi connectivity index (χ1n) is 7.54. The van der Waals surface area contributed by atoms with Gasteiger partial charge in [0.15, 0.2) is 0 Å². The van der Waals surface area contributed by atoms with Gasteiger partial charge in [-0.1, -0.05) is 30.3 Å². The van der Waals surface area contributed by atoms with Crippen molar-refractivity contribution >= 4 is 28.4 Å². The SMILES string of the molecule is O=C(NCCc1c[nH]c2ccccc12)C(=O)Nc1ccccc1F. The molecule has 0 saturated heterocycles. The van der Waals surface area contributed by atoms with Gasteiger partial charge in [0.25, 0.3) is 0 Å². The van der Waals surface area contributed by atoms with Crippen LogP contribution in [0.1, 0.15) is 5.56 Å². The monoisotopic (exact) mass is 325 g/mol. The zero-order chi connectivity index (χ0) is 16.9. The molecule has 3 rings (SSSR count). The van der Waals surface area contributed by atoms with Gasteiger partial charge >= 0.3 is 11.8 Å². The van der Waals surface area contributed by atoms with E-state index < -0.39 is 17.6 Å². The summed E-state index contributed by atoms with van der Waals surface area (Å²) in [6.07, 6.45) is 2.47. The van der Waals surface area contributed by atoms with E-state index in [4.69, 9.17) is 0 Å². The molecule has 6 heteroatoms. The van der Waals surface area contributed by atoms with Crippen molar-refractivity contribution in [2.24, 2.45) is 0 Å². The quantitative estimate of drug-likeness (QED) is 0.645. The molecule has 5 nitrogen and oxygen atoms in total. The van der Waals surface area contributed by atoms with E-state index in [1.807, 2.05) is 30.5 Å². The molecule has 0 unspecified atom stereocenters. The van der Waals surface area contributed by atoms with Gasteiger partial charge in [-0.15, -0.1) is 0 Å². The minimum Gasteiger partial charge on any atom is -0.361 e. The van der Waals surface area contributed by atoms with Crippen LogP contribution >= 0.6 is 0 Å². The predicted octanol–water partition coefficient (Wildman–Crippen LogP) is 2.60. The highest BCUT2D eigenvalue weighted by molar-refractivity contribution is 6.39. The van der Waals surface area contributed by atoms with E-state index in [9.17, 15) is 14.0 Å². The molecule has 24 heavy (non-hydrogen) atoms. The molecular weight excluding hydrogens is 309 g/mol. The Morgan fingerprint density at radius 2 is 1.75 bits per heavy atom. The number of fused-ring (bicyclic) bond motifs is 1. The molecule has 0 bridgehead atoms. The molecule has 2 amide bonds. The first-order chi connectivity index (χ1) is 11.6. The zero-order valence-electron chi connectivity index (χ0n) is 12.8. The molecule has 0 atom stereocenters. The Labute approximate surface area is 137 Å². The molecule has 2 aromatic carbocycles. The third kappa shape index (κ3) is 3.43. The molecule has 1 heterocycles. The van der Waals surface area contributed by atoms with Crippen LogP contribution in [0.2, 0.25) is 0 Å². The molecule has 0 aliphatic heterocycles. The first-order valence-corrected chi connectivity index (χ1v) is 7.54. The molecule has 122 valence electrons. The van der Waals surface area contributed by atoms with E-state index in [1.54, 1.807) is 6.07 Å². The number of H-pyrrole nitrogens is 1. The van der Waals surface area contributed by atoms with Crippen molar-refractivity contribution in [3.05, 3.63) is 66.1 Å². The number of halogens is 1. The number of hydrogen-bond acceptors (Lipinski definition) is 2. The summed E-state index contributed by atoms with van der Waals surface area (Å²) >= 11 is 0. The van der Waals surface area contributed by atoms with Crippen LogP contribution in [-0.4, -0.2) is 23.3 Å². The number of para-hydroxylation sites is 2. The number of hydrogen-bond donors (Lipinski definition) is 3. The minimum absolute atomic E-state index is 0.0192. The highest BCUT2D eigenvalue weighted by Crippen LogP contribution is 2.17. The van der Waals surface area contributed by atoms with Gasteiger partial charge in [0.2, 0.25) is 0 Å². The predicted molar refractivity (Wildman–Crippen MR) is 90.0 cm³/mol. The number of benzene rings is 2. The minimum atomic E-state index is -0.890. The number of amides is 2. The molecule has 0 aliphatic rings. The van der Waals surface area contributed by atoms with Crippen molar-refractivity contribution < 1.29 is 14.0 Å². The van der Waals surface area contributed by atoms with Crippen molar-refractivity contribution in [3.63, 3.8) is 0 Å². The molecule has 0 radical (unpaired) electrons. The molecule has 1 aromatic heterocycles. The number of aromatic amines is 1. The lowest BCUT2D eigenvalue weighted by atomic mass is 10.1. The van der Waals surface area contributed by atoms with Crippen LogP contribution in [0.15, 0.2) is 54.7 Å². The fourth-order valence-electron chi connectivity index (χ4n) is 2.47. The van der Waals surface area contributed by atoms with Crippen LogP contribution in [-0.2, 0) is 16.0 Å². The Morgan fingerprint density at radius 1 is 1.00 bits per heavy atom. The van der Waals surface area contributed by atoms with Crippen LogP contribution in [0.25, 0.3) is 10.9 Å². The standard InChI is InChI=1S/C18H16FN3O2/c19-14-6-2-4-8-16(14)22-18(24)17(23)20-10-9-12-11-21-15-7-3-1-5-13(12)15/h1-8,11,21H,9-10H2,(H,20,23)(H,22,24). The Bertz CT molecular complexity index is 889. The maximum Gasteiger partial charge on any atom is 0.313 e. The normalized spacial score (nSPS) is 10.5. The second kappa shape index (κ2) is 6.95. The number of anilines is 1. The highest BCUT2D eigenvalue weighted by Gasteiger charge is 2.15. The van der Waals surface area contributed by atoms with Gasteiger partial charge in [0.1, 0.15) is 5.82 Å². The van der Waals surface area contributed by atoms with E-state index in [0.717, 1.165) is 16.5 Å². The van der Waals surface area contributed by atoms with Crippen LogP contribution in [0.4, 0.5) is 10.1 Å². The van der Waals surface area contributed by atoms with Gasteiger partial charge in [0, 0.05) is 23.6 Å². The van der Waals surface area contributed by atoms with Crippen LogP contribution in [0, 0.1) is 5.82 Å². The average Bonchev–Trinajstić information content (AvgIpc) is 3.00. The summed E-state index contributed by atoms with van der Waals surface area (Å²) in [5.74, 6) is -2.27. The summed E-state index contributed by atoms with van der Waals surface area (Å²) in [4.78, 5) is 26.7. The maximum absolute atomic E-state index is 13.4. The Balaban J connectivity index is 1.54. The van der Waals surface area contributed by atoms with Gasteiger partial charge < -0.3 is 15.6 Å². The van der Waals surface area contributed by atoms with Crippen LogP contribution in [0.3, 0.4) is 0 Å². The molecule has 3 N–H and O–H groups in total. The molecule has 3 aromatic rings. The third-order valence-corrected chi connectivity index (χ3v) is 3.68. The van der Waals surface area contributed by atoms with Gasteiger partial charge in [-0.05, 0) is 30.2 Å². The fourth-order valence-corrected chi connectivity index (χ4v) is 2.47. The summed E-state index contributed by atoms with van der Waals surface area (Å²) in [7, 11) is 0. The molecule has 0 aliphatic carbocycles. The third-order valence-electron chi connectivity index (χ3n) is 3.68. The zero-order valence-corrected chi connectivity index (χ0v) is 12.8. The van der Waals surface area contributed by atoms with E-state index in [0.29, 0.717) is 13.0 Å². The van der Waals surface area contributed by atoms with Gasteiger partial charge in [0.05, 0.1) is 5.69 Å². The van der Waals surface area contributed by atoms with Crippen molar-refractivity contribution in [1.82, 2.24) is 10.3 Å². The molecule has 0 spiro atoms. The molecule has 0 fully saturated rings. The van der Waals surface area contributed by atoms with Gasteiger partial charge in [-0.2, -0.15) is 0 Å². The summed E-state index contributed by atoms with van der Waals surface area (Å²) in [5, 5.41) is 5.87. The Kier molecular flexibility index (Phi) is 4.56. The average molecular weight is 325 g/mol. The van der Waals surface area contributed by atoms with Crippen molar-refractivity contribution in [2.45, 2.75) is 6.42 Å². The fraction of sp³-hybridized carbons (Fsp3) is 0.111. The lowest BCUT2D eigenvalue weighted by Gasteiger charge is -2.07. The Hall–Kier alpha value is -3.15. The van der Waals surface area contributed by atoms with Gasteiger partial charge in [-0.3, -0.25) is 9.59 Å². The maximum atomic E-state index is 13.4. The number of nitrogens with one attached hydrogen (secondary N) is 3. The van der Waals surface area contributed by atoms with E-state index in [2.05, 4.69) is 15.6 Å². The number of carbonyl (C=O) groups is 2. The van der Waals surface area contributed by atoms with E-state index in [1.165, 1.54) is 18.2 Å². The molecule has 0 saturated carbocycles. The summed E-state index contributed by atoms with van der Waals surface area (Å²) in [5.41, 5.74) is 2.06. The summed E-state index contributed by atoms with van der Waals surface area (Å²) < 4.78 is 13.4. The smallest absolute Gasteiger partial charge is 0.313 e. The topological polar surface area (TPSA) is 74.0 Å². The van der Waals surface area contributed by atoms with Gasteiger partial charge in [-0.25, -0.2) is 4.39 Å². The van der Waals surface area contributed by atoms with E-state index in [-0.39, 0.29) is 5.69 Å². The number of aromatic nitrogens is 1. The summed E-state index contributed by atoms with van der Waals surface area (Å²) in [6, 6.07) is 13.5. The summed E-state index contributed by atoms with van der Waals surface area (Å²) in [6.45, 7) is 0.311. The lowest BCUT2D eigenvalue weighted by molar-refractivity contribution is -0.136.